The quantitative estimate of drug-likeness (QED) is 0.827. The van der Waals surface area contributed by atoms with Gasteiger partial charge in [-0.1, -0.05) is 24.3 Å². The summed E-state index contributed by atoms with van der Waals surface area (Å²) in [6.07, 6.45) is 1.65. The van der Waals surface area contributed by atoms with Crippen LogP contribution in [-0.4, -0.2) is 33.3 Å². The van der Waals surface area contributed by atoms with Gasteiger partial charge in [0.2, 0.25) is 17.7 Å². The zero-order valence-electron chi connectivity index (χ0n) is 15.6. The molecule has 0 radical (unpaired) electrons. The van der Waals surface area contributed by atoms with Gasteiger partial charge in [-0.15, -0.1) is 11.8 Å². The van der Waals surface area contributed by atoms with E-state index < -0.39 is 10.8 Å². The molecule has 1 aromatic carbocycles. The number of carbonyl (C=O) groups excluding carboxylic acids is 2. The van der Waals surface area contributed by atoms with Crippen LogP contribution < -0.4 is 15.4 Å². The van der Waals surface area contributed by atoms with Crippen LogP contribution in [0.25, 0.3) is 0 Å². The fourth-order valence-electron chi connectivity index (χ4n) is 2.60. The van der Waals surface area contributed by atoms with Crippen molar-refractivity contribution < 1.29 is 14.3 Å². The van der Waals surface area contributed by atoms with Crippen molar-refractivity contribution in [3.05, 3.63) is 53.7 Å². The van der Waals surface area contributed by atoms with Gasteiger partial charge in [-0.05, 0) is 38.5 Å². The van der Waals surface area contributed by atoms with Crippen molar-refractivity contribution in [3.63, 3.8) is 0 Å². The average molecular weight is 385 g/mol. The topological polar surface area (TPSA) is 80.3 Å². The van der Waals surface area contributed by atoms with Crippen LogP contribution in [0.1, 0.15) is 25.0 Å². The third kappa shape index (κ3) is 4.60. The maximum Gasteiger partial charge on any atom is 0.243 e. The molecule has 1 aliphatic heterocycles. The molecule has 2 heterocycles. The first-order chi connectivity index (χ1) is 12.9. The molecule has 7 heteroatoms. The minimum absolute atomic E-state index is 0.121. The van der Waals surface area contributed by atoms with E-state index in [2.05, 4.69) is 15.6 Å². The van der Waals surface area contributed by atoms with Gasteiger partial charge < -0.3 is 15.4 Å². The van der Waals surface area contributed by atoms with Crippen molar-refractivity contribution in [1.82, 2.24) is 15.6 Å². The Kier molecular flexibility index (Phi) is 5.70. The number of para-hydroxylation sites is 1. The van der Waals surface area contributed by atoms with Gasteiger partial charge in [0.05, 0.1) is 4.75 Å². The molecular formula is C20H23N3O3S. The third-order valence-electron chi connectivity index (χ3n) is 4.38. The number of amides is 2. The Labute approximate surface area is 163 Å². The summed E-state index contributed by atoms with van der Waals surface area (Å²) < 4.78 is 5.42. The monoisotopic (exact) mass is 385 g/mol. The van der Waals surface area contributed by atoms with Gasteiger partial charge in [-0.2, -0.15) is 0 Å². The van der Waals surface area contributed by atoms with E-state index in [-0.39, 0.29) is 18.4 Å². The number of rotatable bonds is 5. The molecule has 3 rings (SSSR count). The molecular weight excluding hydrogens is 362 g/mol. The Hall–Kier alpha value is -2.54. The average Bonchev–Trinajstić information content (AvgIpc) is 2.65. The van der Waals surface area contributed by atoms with E-state index in [4.69, 9.17) is 4.74 Å². The van der Waals surface area contributed by atoms with Crippen LogP contribution in [0.5, 0.6) is 11.6 Å². The van der Waals surface area contributed by atoms with E-state index in [1.165, 1.54) is 11.8 Å². The van der Waals surface area contributed by atoms with Crippen molar-refractivity contribution in [3.8, 4) is 11.6 Å². The molecule has 1 fully saturated rings. The molecule has 1 saturated heterocycles. The molecule has 0 bridgehead atoms. The maximum absolute atomic E-state index is 12.5. The number of benzene rings is 1. The molecule has 0 saturated carbocycles. The van der Waals surface area contributed by atoms with Crippen LogP contribution in [0.2, 0.25) is 0 Å². The first kappa shape index (κ1) is 19.2. The zero-order valence-corrected chi connectivity index (χ0v) is 16.4. The highest BCUT2D eigenvalue weighted by Crippen LogP contribution is 2.29. The second-order valence-corrected chi connectivity index (χ2v) is 8.54. The predicted octanol–water partition coefficient (Wildman–Crippen LogP) is 2.81. The number of aryl methyl sites for hydroxylation is 1. The standard InChI is InChI=1S/C20H23N3O3S/c1-13-7-4-5-9-16(13)26-18-14(8-6-10-21-18)11-22-17(24)15-12-27-20(2,3)19(25)23-15/h4-10,15H,11-12H2,1-3H3,(H,22,24)(H,23,25)/t15-/m1/s1. The molecule has 142 valence electrons. The molecule has 2 N–H and O–H groups in total. The van der Waals surface area contributed by atoms with E-state index in [9.17, 15) is 9.59 Å². The Balaban J connectivity index is 1.64. The SMILES string of the molecule is Cc1ccccc1Oc1ncccc1CNC(=O)[C@H]1CSC(C)(C)C(=O)N1. The molecule has 1 atom stereocenters. The summed E-state index contributed by atoms with van der Waals surface area (Å²) in [7, 11) is 0. The number of hydrogen-bond donors (Lipinski definition) is 2. The third-order valence-corrected chi connectivity index (χ3v) is 5.79. The summed E-state index contributed by atoms with van der Waals surface area (Å²) in [4.78, 5) is 28.8. The maximum atomic E-state index is 12.5. The lowest BCUT2D eigenvalue weighted by Crippen LogP contribution is -2.57. The number of thioether (sulfide) groups is 1. The van der Waals surface area contributed by atoms with Gasteiger partial charge in [0.1, 0.15) is 11.8 Å². The van der Waals surface area contributed by atoms with Crippen LogP contribution in [0.4, 0.5) is 0 Å². The van der Waals surface area contributed by atoms with Crippen molar-refractivity contribution in [2.45, 2.75) is 38.1 Å². The number of nitrogens with zero attached hydrogens (tertiary/aromatic N) is 1. The lowest BCUT2D eigenvalue weighted by molar-refractivity contribution is -0.129. The first-order valence-electron chi connectivity index (χ1n) is 8.77. The van der Waals surface area contributed by atoms with E-state index in [0.717, 1.165) is 16.9 Å². The van der Waals surface area contributed by atoms with Gasteiger partial charge in [0, 0.05) is 24.1 Å². The predicted molar refractivity (Wildman–Crippen MR) is 106 cm³/mol. The van der Waals surface area contributed by atoms with Crippen LogP contribution in [-0.2, 0) is 16.1 Å². The number of hydrogen-bond acceptors (Lipinski definition) is 5. The van der Waals surface area contributed by atoms with Crippen molar-refractivity contribution in [2.24, 2.45) is 0 Å². The van der Waals surface area contributed by atoms with E-state index in [1.807, 2.05) is 51.1 Å². The number of ether oxygens (including phenoxy) is 1. The summed E-state index contributed by atoms with van der Waals surface area (Å²) >= 11 is 1.48. The van der Waals surface area contributed by atoms with Crippen LogP contribution in [0.3, 0.4) is 0 Å². The minimum atomic E-state index is -0.534. The molecule has 0 aliphatic carbocycles. The lowest BCUT2D eigenvalue weighted by Gasteiger charge is -2.32. The summed E-state index contributed by atoms with van der Waals surface area (Å²) in [5, 5.41) is 5.66. The lowest BCUT2D eigenvalue weighted by atomic mass is 10.1. The molecule has 1 aliphatic rings. The van der Waals surface area contributed by atoms with Crippen LogP contribution in [0, 0.1) is 6.92 Å². The van der Waals surface area contributed by atoms with Gasteiger partial charge >= 0.3 is 0 Å². The smallest absolute Gasteiger partial charge is 0.243 e. The molecule has 6 nitrogen and oxygen atoms in total. The summed E-state index contributed by atoms with van der Waals surface area (Å²) in [6.45, 7) is 5.94. The molecule has 1 aromatic heterocycles. The largest absolute Gasteiger partial charge is 0.438 e. The Morgan fingerprint density at radius 2 is 2.11 bits per heavy atom. The number of carbonyl (C=O) groups is 2. The van der Waals surface area contributed by atoms with Crippen LogP contribution in [0.15, 0.2) is 42.6 Å². The number of nitrogens with one attached hydrogen (secondary N) is 2. The molecule has 27 heavy (non-hydrogen) atoms. The Morgan fingerprint density at radius 3 is 2.85 bits per heavy atom. The van der Waals surface area contributed by atoms with Gasteiger partial charge in [0.25, 0.3) is 0 Å². The van der Waals surface area contributed by atoms with Gasteiger partial charge in [0.15, 0.2) is 0 Å². The Bertz CT molecular complexity index is 854. The summed E-state index contributed by atoms with van der Waals surface area (Å²) in [5.74, 6) is 1.39. The van der Waals surface area contributed by atoms with Crippen molar-refractivity contribution in [2.75, 3.05) is 5.75 Å². The molecule has 2 aromatic rings. The van der Waals surface area contributed by atoms with Gasteiger partial charge in [-0.25, -0.2) is 4.98 Å². The van der Waals surface area contributed by atoms with Crippen molar-refractivity contribution in [1.29, 1.82) is 0 Å². The summed E-state index contributed by atoms with van der Waals surface area (Å²) in [5.41, 5.74) is 1.77. The Morgan fingerprint density at radius 1 is 1.33 bits per heavy atom. The zero-order chi connectivity index (χ0) is 19.4. The molecule has 0 spiro atoms. The minimum Gasteiger partial charge on any atom is -0.438 e. The number of aromatic nitrogens is 1. The van der Waals surface area contributed by atoms with Crippen LogP contribution >= 0.6 is 11.8 Å². The first-order valence-corrected chi connectivity index (χ1v) is 9.75. The molecule has 2 amide bonds. The molecule has 0 unspecified atom stereocenters. The van der Waals surface area contributed by atoms with E-state index in [0.29, 0.717) is 11.6 Å². The highest BCUT2D eigenvalue weighted by atomic mass is 32.2. The number of pyridine rings is 1. The highest BCUT2D eigenvalue weighted by molar-refractivity contribution is 8.01. The second kappa shape index (κ2) is 8.00. The van der Waals surface area contributed by atoms with Crippen molar-refractivity contribution >= 4 is 23.6 Å². The highest BCUT2D eigenvalue weighted by Gasteiger charge is 2.37. The van der Waals surface area contributed by atoms with E-state index >= 15 is 0 Å². The fourth-order valence-corrected chi connectivity index (χ4v) is 3.61. The van der Waals surface area contributed by atoms with E-state index in [1.54, 1.807) is 12.3 Å². The summed E-state index contributed by atoms with van der Waals surface area (Å²) in [6, 6.07) is 10.8. The van der Waals surface area contributed by atoms with Gasteiger partial charge in [-0.3, -0.25) is 9.59 Å². The second-order valence-electron chi connectivity index (χ2n) is 6.90. The fraction of sp³-hybridized carbons (Fsp3) is 0.350. The normalized spacial score (nSPS) is 18.5.